The molecule has 2 heterocycles. The number of nitrogens with two attached hydrogens (primary N) is 1. The third-order valence-corrected chi connectivity index (χ3v) is 4.37. The smallest absolute Gasteiger partial charge is 0.138 e. The molecule has 4 heteroatoms. The van der Waals surface area contributed by atoms with Gasteiger partial charge >= 0.3 is 0 Å². The van der Waals surface area contributed by atoms with Crippen LogP contribution in [-0.2, 0) is 19.4 Å². The zero-order valence-corrected chi connectivity index (χ0v) is 11.7. The van der Waals surface area contributed by atoms with Gasteiger partial charge in [-0.2, -0.15) is 0 Å². The van der Waals surface area contributed by atoms with Crippen molar-refractivity contribution in [3.05, 3.63) is 53.5 Å². The van der Waals surface area contributed by atoms with E-state index in [0.717, 1.165) is 24.1 Å². The van der Waals surface area contributed by atoms with Crippen LogP contribution < -0.4 is 5.73 Å². The van der Waals surface area contributed by atoms with Crippen molar-refractivity contribution >= 4 is 16.6 Å². The molecule has 0 radical (unpaired) electrons. The van der Waals surface area contributed by atoms with Gasteiger partial charge in [-0.1, -0.05) is 0 Å². The van der Waals surface area contributed by atoms with Gasteiger partial charge in [0.15, 0.2) is 0 Å². The fourth-order valence-corrected chi connectivity index (χ4v) is 3.39. The van der Waals surface area contributed by atoms with Crippen molar-refractivity contribution in [2.24, 2.45) is 0 Å². The second-order valence-corrected chi connectivity index (χ2v) is 5.65. The number of fused-ring (bicyclic) bond motifs is 3. The highest BCUT2D eigenvalue weighted by Crippen LogP contribution is 2.35. The lowest BCUT2D eigenvalue weighted by Crippen LogP contribution is -2.04. The van der Waals surface area contributed by atoms with Gasteiger partial charge in [0.25, 0.3) is 0 Å². The van der Waals surface area contributed by atoms with Crippen LogP contribution in [0.2, 0.25) is 0 Å². The molecule has 0 aliphatic heterocycles. The molecule has 4 rings (SSSR count). The Labute approximate surface area is 122 Å². The Kier molecular flexibility index (Phi) is 2.64. The zero-order valence-electron chi connectivity index (χ0n) is 11.7. The highest BCUT2D eigenvalue weighted by atomic mass is 16.3. The molecule has 0 amide bonds. The first kappa shape index (κ1) is 12.3. The van der Waals surface area contributed by atoms with E-state index >= 15 is 0 Å². The largest absolute Gasteiger partial charge is 0.506 e. The molecule has 1 aromatic carbocycles. The summed E-state index contributed by atoms with van der Waals surface area (Å²) in [7, 11) is 0. The highest BCUT2D eigenvalue weighted by Gasteiger charge is 2.22. The quantitative estimate of drug-likeness (QED) is 0.709. The molecule has 0 fully saturated rings. The van der Waals surface area contributed by atoms with Gasteiger partial charge in [0.1, 0.15) is 5.75 Å². The van der Waals surface area contributed by atoms with Gasteiger partial charge < -0.3 is 15.4 Å². The third kappa shape index (κ3) is 1.87. The minimum Gasteiger partial charge on any atom is -0.506 e. The Balaban J connectivity index is 1.91. The second-order valence-electron chi connectivity index (χ2n) is 5.65. The summed E-state index contributed by atoms with van der Waals surface area (Å²) in [5, 5.41) is 11.2. The SMILES string of the molecule is Nc1ccc2c(c1)c1c(n2Cc2ccncc2O)CCC1. The standard InChI is InChI=1S/C17H17N3O/c18-12-4-5-16-14(8-12)13-2-1-3-15(13)20(16)10-11-6-7-19-9-17(11)21/h4-9,21H,1-3,10,18H2. The van der Waals surface area contributed by atoms with Gasteiger partial charge in [-0.3, -0.25) is 4.98 Å². The van der Waals surface area contributed by atoms with Crippen molar-refractivity contribution in [3.63, 3.8) is 0 Å². The number of pyridine rings is 1. The lowest BCUT2D eigenvalue weighted by Gasteiger charge is -2.11. The van der Waals surface area contributed by atoms with Crippen LogP contribution in [0.1, 0.15) is 23.2 Å². The minimum absolute atomic E-state index is 0.251. The van der Waals surface area contributed by atoms with Gasteiger partial charge in [0.05, 0.1) is 12.7 Å². The van der Waals surface area contributed by atoms with Crippen molar-refractivity contribution in [1.82, 2.24) is 9.55 Å². The number of aryl methyl sites for hydroxylation is 1. The zero-order chi connectivity index (χ0) is 14.4. The van der Waals surface area contributed by atoms with Crippen LogP contribution in [0.5, 0.6) is 5.75 Å². The van der Waals surface area contributed by atoms with E-state index in [1.807, 2.05) is 12.1 Å². The van der Waals surface area contributed by atoms with Crippen LogP contribution in [0.3, 0.4) is 0 Å². The Morgan fingerprint density at radius 1 is 1.24 bits per heavy atom. The summed E-state index contributed by atoms with van der Waals surface area (Å²) in [4.78, 5) is 3.94. The normalized spacial score (nSPS) is 13.7. The molecule has 1 aliphatic rings. The topological polar surface area (TPSA) is 64.1 Å². The molecule has 0 saturated heterocycles. The van der Waals surface area contributed by atoms with Gasteiger partial charge in [-0.25, -0.2) is 0 Å². The molecule has 3 aromatic rings. The fraction of sp³-hybridized carbons (Fsp3) is 0.235. The number of benzene rings is 1. The number of hydrogen-bond donors (Lipinski definition) is 2. The van der Waals surface area contributed by atoms with E-state index < -0.39 is 0 Å². The molecular formula is C17H17N3O. The van der Waals surface area contributed by atoms with Crippen molar-refractivity contribution < 1.29 is 5.11 Å². The Morgan fingerprint density at radius 2 is 2.14 bits per heavy atom. The number of hydrogen-bond acceptors (Lipinski definition) is 3. The second kappa shape index (κ2) is 4.52. The van der Waals surface area contributed by atoms with Gasteiger partial charge in [-0.15, -0.1) is 0 Å². The first-order valence-corrected chi connectivity index (χ1v) is 7.25. The van der Waals surface area contributed by atoms with E-state index in [1.54, 1.807) is 6.20 Å². The molecule has 0 atom stereocenters. The molecule has 0 unspecified atom stereocenters. The summed E-state index contributed by atoms with van der Waals surface area (Å²) in [6.07, 6.45) is 6.62. The van der Waals surface area contributed by atoms with E-state index in [0.29, 0.717) is 6.54 Å². The van der Waals surface area contributed by atoms with Crippen LogP contribution in [0.4, 0.5) is 5.69 Å². The van der Waals surface area contributed by atoms with Gasteiger partial charge in [0.2, 0.25) is 0 Å². The Hall–Kier alpha value is -2.49. The molecule has 1 aliphatic carbocycles. The van der Waals surface area contributed by atoms with Crippen molar-refractivity contribution in [3.8, 4) is 5.75 Å². The lowest BCUT2D eigenvalue weighted by atomic mass is 10.1. The van der Waals surface area contributed by atoms with E-state index in [9.17, 15) is 5.11 Å². The number of anilines is 1. The molecule has 0 bridgehead atoms. The monoisotopic (exact) mass is 279 g/mol. The van der Waals surface area contributed by atoms with Crippen LogP contribution in [0.15, 0.2) is 36.7 Å². The van der Waals surface area contributed by atoms with E-state index in [-0.39, 0.29) is 5.75 Å². The predicted molar refractivity (Wildman–Crippen MR) is 83.4 cm³/mol. The first-order chi connectivity index (χ1) is 10.2. The maximum atomic E-state index is 9.98. The van der Waals surface area contributed by atoms with E-state index in [4.69, 9.17) is 5.73 Å². The number of nitrogen functional groups attached to an aromatic ring is 1. The maximum absolute atomic E-state index is 9.98. The summed E-state index contributed by atoms with van der Waals surface area (Å²) in [6, 6.07) is 7.98. The van der Waals surface area contributed by atoms with Crippen LogP contribution >= 0.6 is 0 Å². The average Bonchev–Trinajstić information content (AvgIpc) is 3.04. The summed E-state index contributed by atoms with van der Waals surface area (Å²) in [5.41, 5.74) is 11.7. The molecule has 21 heavy (non-hydrogen) atoms. The highest BCUT2D eigenvalue weighted by molar-refractivity contribution is 5.88. The third-order valence-electron chi connectivity index (χ3n) is 4.37. The molecule has 0 saturated carbocycles. The fourth-order valence-electron chi connectivity index (χ4n) is 3.39. The maximum Gasteiger partial charge on any atom is 0.138 e. The average molecular weight is 279 g/mol. The number of rotatable bonds is 2. The van der Waals surface area contributed by atoms with Crippen molar-refractivity contribution in [2.45, 2.75) is 25.8 Å². The first-order valence-electron chi connectivity index (χ1n) is 7.25. The Bertz CT molecular complexity index is 835. The lowest BCUT2D eigenvalue weighted by molar-refractivity contribution is 0.463. The predicted octanol–water partition coefficient (Wildman–Crippen LogP) is 2.86. The van der Waals surface area contributed by atoms with Crippen LogP contribution in [0, 0.1) is 0 Å². The van der Waals surface area contributed by atoms with E-state index in [2.05, 4.69) is 21.7 Å². The summed E-state index contributed by atoms with van der Waals surface area (Å²) >= 11 is 0. The molecular weight excluding hydrogens is 262 g/mol. The summed E-state index contributed by atoms with van der Waals surface area (Å²) in [5.74, 6) is 0.251. The van der Waals surface area contributed by atoms with Crippen LogP contribution in [-0.4, -0.2) is 14.7 Å². The summed E-state index contributed by atoms with van der Waals surface area (Å²) < 4.78 is 2.31. The molecule has 106 valence electrons. The number of aromatic nitrogens is 2. The Morgan fingerprint density at radius 3 is 3.00 bits per heavy atom. The minimum atomic E-state index is 0.251. The van der Waals surface area contributed by atoms with Crippen LogP contribution in [0.25, 0.3) is 10.9 Å². The number of aromatic hydroxyl groups is 1. The van der Waals surface area contributed by atoms with Gasteiger partial charge in [-0.05, 0) is 49.1 Å². The van der Waals surface area contributed by atoms with E-state index in [1.165, 1.54) is 34.8 Å². The molecule has 3 N–H and O–H groups in total. The molecule has 4 nitrogen and oxygen atoms in total. The summed E-state index contributed by atoms with van der Waals surface area (Å²) in [6.45, 7) is 0.671. The molecule has 0 spiro atoms. The van der Waals surface area contributed by atoms with Crippen molar-refractivity contribution in [1.29, 1.82) is 0 Å². The number of nitrogens with zero attached hydrogens (tertiary/aromatic N) is 2. The van der Waals surface area contributed by atoms with Crippen molar-refractivity contribution in [2.75, 3.05) is 5.73 Å². The van der Waals surface area contributed by atoms with Gasteiger partial charge in [0, 0.05) is 34.0 Å². The molecule has 2 aromatic heterocycles.